The molecule has 1 saturated heterocycles. The van der Waals surface area contributed by atoms with Gasteiger partial charge in [0.15, 0.2) is 0 Å². The van der Waals surface area contributed by atoms with E-state index in [1.165, 1.54) is 17.8 Å². The number of carbonyl (C=O) groups is 1. The van der Waals surface area contributed by atoms with E-state index >= 15 is 0 Å². The van der Waals surface area contributed by atoms with Crippen LogP contribution in [-0.2, 0) is 0 Å². The van der Waals surface area contributed by atoms with Gasteiger partial charge >= 0.3 is 0 Å². The first-order valence-electron chi connectivity index (χ1n) is 6.75. The minimum atomic E-state index is -0.477. The van der Waals surface area contributed by atoms with Gasteiger partial charge in [0.2, 0.25) is 0 Å². The summed E-state index contributed by atoms with van der Waals surface area (Å²) in [6.45, 7) is 1.39. The smallest absolute Gasteiger partial charge is 0.282 e. The molecule has 20 heavy (non-hydrogen) atoms. The highest BCUT2D eigenvalue weighted by atomic mass is 32.2. The molecular weight excluding hydrogens is 276 g/mol. The molecule has 108 valence electrons. The standard InChI is InChI=1S/C14H18N2O3S/c1-20-11-6-7-13(16(18)19)12(10-11)14(17)15-8-4-2-3-5-9-15/h6-7,10H,2-5,8-9H2,1H3. The number of carbonyl (C=O) groups excluding carboxylic acids is 1. The van der Waals surface area contributed by atoms with E-state index in [1.807, 2.05) is 6.26 Å². The van der Waals surface area contributed by atoms with Crippen molar-refractivity contribution >= 4 is 23.4 Å². The van der Waals surface area contributed by atoms with Crippen LogP contribution in [0.2, 0.25) is 0 Å². The average molecular weight is 294 g/mol. The molecule has 1 aromatic rings. The lowest BCUT2D eigenvalue weighted by molar-refractivity contribution is -0.385. The molecule has 0 aromatic heterocycles. The van der Waals surface area contributed by atoms with Gasteiger partial charge in [0.1, 0.15) is 5.56 Å². The largest absolute Gasteiger partial charge is 0.338 e. The first kappa shape index (κ1) is 14.8. The first-order valence-corrected chi connectivity index (χ1v) is 7.97. The Kier molecular flexibility index (Phi) is 5.00. The number of amides is 1. The summed E-state index contributed by atoms with van der Waals surface area (Å²) in [5, 5.41) is 11.1. The average Bonchev–Trinajstić information content (AvgIpc) is 2.74. The Bertz CT molecular complexity index is 511. The number of hydrogen-bond donors (Lipinski definition) is 0. The molecule has 2 rings (SSSR count). The molecule has 0 bridgehead atoms. The number of benzene rings is 1. The topological polar surface area (TPSA) is 63.5 Å². The molecule has 0 aliphatic carbocycles. The van der Waals surface area contributed by atoms with Gasteiger partial charge in [0, 0.05) is 24.1 Å². The van der Waals surface area contributed by atoms with E-state index in [9.17, 15) is 14.9 Å². The number of rotatable bonds is 3. The molecule has 0 radical (unpaired) electrons. The zero-order valence-electron chi connectivity index (χ0n) is 11.5. The summed E-state index contributed by atoms with van der Waals surface area (Å²) in [6.07, 6.45) is 6.08. The van der Waals surface area contributed by atoms with Gasteiger partial charge < -0.3 is 4.90 Å². The summed E-state index contributed by atoms with van der Waals surface area (Å²) in [6, 6.07) is 4.74. The predicted octanol–water partition coefficient (Wildman–Crippen LogP) is 3.33. The molecule has 6 heteroatoms. The van der Waals surface area contributed by atoms with Crippen molar-refractivity contribution in [1.82, 2.24) is 4.90 Å². The fourth-order valence-electron chi connectivity index (χ4n) is 2.42. The lowest BCUT2D eigenvalue weighted by Crippen LogP contribution is -2.32. The molecule has 5 nitrogen and oxygen atoms in total. The SMILES string of the molecule is CSc1ccc([N+](=O)[O-])c(C(=O)N2CCCCCC2)c1. The number of nitro groups is 1. The minimum Gasteiger partial charge on any atom is -0.338 e. The van der Waals surface area contributed by atoms with Crippen LogP contribution in [0.4, 0.5) is 5.69 Å². The number of likely N-dealkylation sites (tertiary alicyclic amines) is 1. The summed E-state index contributed by atoms with van der Waals surface area (Å²) >= 11 is 1.48. The Labute approximate surface area is 122 Å². The zero-order chi connectivity index (χ0) is 14.5. The first-order chi connectivity index (χ1) is 9.63. The Morgan fingerprint density at radius 3 is 2.45 bits per heavy atom. The summed E-state index contributed by atoms with van der Waals surface area (Å²) in [7, 11) is 0. The van der Waals surface area contributed by atoms with Crippen molar-refractivity contribution in [3.63, 3.8) is 0 Å². The summed E-state index contributed by atoms with van der Waals surface area (Å²) in [4.78, 5) is 25.8. The molecule has 0 atom stereocenters. The molecule has 0 saturated carbocycles. The van der Waals surface area contributed by atoms with Crippen LogP contribution in [0.15, 0.2) is 23.1 Å². The van der Waals surface area contributed by atoms with Crippen molar-refractivity contribution in [2.45, 2.75) is 30.6 Å². The normalized spacial score (nSPS) is 15.8. The maximum atomic E-state index is 12.6. The molecule has 0 unspecified atom stereocenters. The van der Waals surface area contributed by atoms with Crippen molar-refractivity contribution in [2.75, 3.05) is 19.3 Å². The van der Waals surface area contributed by atoms with Crippen LogP contribution in [0.25, 0.3) is 0 Å². The third-order valence-corrected chi connectivity index (χ3v) is 4.25. The summed E-state index contributed by atoms with van der Waals surface area (Å²) in [5.74, 6) is -0.213. The van der Waals surface area contributed by atoms with E-state index in [0.29, 0.717) is 13.1 Å². The van der Waals surface area contributed by atoms with Crippen LogP contribution in [0, 0.1) is 10.1 Å². The maximum Gasteiger partial charge on any atom is 0.282 e. The van der Waals surface area contributed by atoms with Gasteiger partial charge in [0.25, 0.3) is 11.6 Å². The van der Waals surface area contributed by atoms with Crippen LogP contribution in [0.5, 0.6) is 0 Å². The molecule has 1 aliphatic heterocycles. The van der Waals surface area contributed by atoms with Crippen LogP contribution >= 0.6 is 11.8 Å². The van der Waals surface area contributed by atoms with Crippen LogP contribution in [0.3, 0.4) is 0 Å². The number of nitrogens with zero attached hydrogens (tertiary/aromatic N) is 2. The highest BCUT2D eigenvalue weighted by molar-refractivity contribution is 7.98. The number of thioether (sulfide) groups is 1. The lowest BCUT2D eigenvalue weighted by Gasteiger charge is -2.20. The monoisotopic (exact) mass is 294 g/mol. The van der Waals surface area contributed by atoms with Gasteiger partial charge in [-0.05, 0) is 31.2 Å². The molecular formula is C14H18N2O3S. The zero-order valence-corrected chi connectivity index (χ0v) is 12.3. The molecule has 1 aliphatic rings. The van der Waals surface area contributed by atoms with Gasteiger partial charge in [-0.3, -0.25) is 14.9 Å². The van der Waals surface area contributed by atoms with Crippen LogP contribution in [-0.4, -0.2) is 35.1 Å². The van der Waals surface area contributed by atoms with Crippen molar-refractivity contribution < 1.29 is 9.72 Å². The molecule has 0 N–H and O–H groups in total. The van der Waals surface area contributed by atoms with Crippen molar-refractivity contribution in [3.8, 4) is 0 Å². The predicted molar refractivity (Wildman–Crippen MR) is 79.2 cm³/mol. The van der Waals surface area contributed by atoms with E-state index in [-0.39, 0.29) is 17.2 Å². The van der Waals surface area contributed by atoms with Crippen molar-refractivity contribution in [1.29, 1.82) is 0 Å². The lowest BCUT2D eigenvalue weighted by atomic mass is 10.1. The second-order valence-electron chi connectivity index (χ2n) is 4.85. The second-order valence-corrected chi connectivity index (χ2v) is 5.73. The minimum absolute atomic E-state index is 0.1000. The third-order valence-electron chi connectivity index (χ3n) is 3.52. The second kappa shape index (κ2) is 6.74. The van der Waals surface area contributed by atoms with Crippen LogP contribution < -0.4 is 0 Å². The fraction of sp³-hybridized carbons (Fsp3) is 0.500. The number of nitro benzene ring substituents is 1. The van der Waals surface area contributed by atoms with E-state index in [1.54, 1.807) is 17.0 Å². The van der Waals surface area contributed by atoms with E-state index in [0.717, 1.165) is 30.6 Å². The van der Waals surface area contributed by atoms with Gasteiger partial charge in [-0.2, -0.15) is 0 Å². The molecule has 1 aromatic carbocycles. The van der Waals surface area contributed by atoms with Gasteiger partial charge in [0.05, 0.1) is 4.92 Å². The molecule has 1 amide bonds. The van der Waals surface area contributed by atoms with Gasteiger partial charge in [-0.25, -0.2) is 0 Å². The van der Waals surface area contributed by atoms with Crippen molar-refractivity contribution in [2.24, 2.45) is 0 Å². The fourth-order valence-corrected chi connectivity index (χ4v) is 2.86. The summed E-state index contributed by atoms with van der Waals surface area (Å²) in [5.41, 5.74) is 0.112. The Morgan fingerprint density at radius 2 is 1.90 bits per heavy atom. The molecule has 1 heterocycles. The Morgan fingerprint density at radius 1 is 1.25 bits per heavy atom. The van der Waals surface area contributed by atoms with E-state index < -0.39 is 4.92 Å². The quantitative estimate of drug-likeness (QED) is 0.487. The van der Waals surface area contributed by atoms with Gasteiger partial charge in [-0.15, -0.1) is 11.8 Å². The highest BCUT2D eigenvalue weighted by Gasteiger charge is 2.25. The molecule has 0 spiro atoms. The number of hydrogen-bond acceptors (Lipinski definition) is 4. The summed E-state index contributed by atoms with van der Waals surface area (Å²) < 4.78 is 0. The Balaban J connectivity index is 2.33. The van der Waals surface area contributed by atoms with E-state index in [2.05, 4.69) is 0 Å². The maximum absolute atomic E-state index is 12.6. The van der Waals surface area contributed by atoms with Gasteiger partial charge in [-0.1, -0.05) is 12.8 Å². The Hall–Kier alpha value is -1.56. The molecule has 1 fully saturated rings. The highest BCUT2D eigenvalue weighted by Crippen LogP contribution is 2.26. The third kappa shape index (κ3) is 3.30. The van der Waals surface area contributed by atoms with E-state index in [4.69, 9.17) is 0 Å². The van der Waals surface area contributed by atoms with Crippen molar-refractivity contribution in [3.05, 3.63) is 33.9 Å². The van der Waals surface area contributed by atoms with Crippen LogP contribution in [0.1, 0.15) is 36.0 Å².